The van der Waals surface area contributed by atoms with Gasteiger partial charge in [0.1, 0.15) is 0 Å². The highest BCUT2D eigenvalue weighted by Gasteiger charge is 2.17. The van der Waals surface area contributed by atoms with E-state index in [-0.39, 0.29) is 17.9 Å². The van der Waals surface area contributed by atoms with Crippen molar-refractivity contribution in [2.24, 2.45) is 0 Å². The van der Waals surface area contributed by atoms with Crippen molar-refractivity contribution in [1.82, 2.24) is 4.90 Å². The highest BCUT2D eigenvalue weighted by molar-refractivity contribution is 7.91. The second kappa shape index (κ2) is 5.46. The molecule has 0 spiro atoms. The fourth-order valence-electron chi connectivity index (χ4n) is 1.62. The maximum Gasteiger partial charge on any atom is 0.304 e. The first-order valence-electron chi connectivity index (χ1n) is 5.14. The zero-order valence-electron chi connectivity index (χ0n) is 8.68. The van der Waals surface area contributed by atoms with Crippen molar-refractivity contribution in [3.05, 3.63) is 0 Å². The van der Waals surface area contributed by atoms with Crippen LogP contribution in [0, 0.1) is 0 Å². The van der Waals surface area contributed by atoms with Gasteiger partial charge < -0.3 is 10.0 Å². The molecule has 5 nitrogen and oxygen atoms in total. The molecule has 0 atom stereocenters. The van der Waals surface area contributed by atoms with Crippen molar-refractivity contribution in [3.63, 3.8) is 0 Å². The van der Waals surface area contributed by atoms with Crippen LogP contribution in [0.25, 0.3) is 0 Å². The third kappa shape index (κ3) is 5.13. The topological polar surface area (TPSA) is 74.7 Å². The maximum atomic E-state index is 11.4. The fourth-order valence-corrected chi connectivity index (χ4v) is 3.00. The molecule has 0 amide bonds. The van der Waals surface area contributed by atoms with Crippen LogP contribution in [-0.2, 0) is 14.6 Å². The summed E-state index contributed by atoms with van der Waals surface area (Å²) in [7, 11) is -2.90. The van der Waals surface area contributed by atoms with Gasteiger partial charge in [-0.1, -0.05) is 0 Å². The van der Waals surface area contributed by atoms with E-state index in [4.69, 9.17) is 5.11 Å². The second-order valence-electron chi connectivity index (χ2n) is 3.84. The molecule has 1 fully saturated rings. The summed E-state index contributed by atoms with van der Waals surface area (Å²) in [5.41, 5.74) is 0. The lowest BCUT2D eigenvalue weighted by atomic mass is 10.3. The van der Waals surface area contributed by atoms with Gasteiger partial charge in [0.2, 0.25) is 0 Å². The molecule has 15 heavy (non-hydrogen) atoms. The van der Waals surface area contributed by atoms with Gasteiger partial charge in [0.05, 0.1) is 17.9 Å². The first-order valence-corrected chi connectivity index (χ1v) is 6.96. The lowest BCUT2D eigenvalue weighted by molar-refractivity contribution is -0.137. The molecule has 0 aliphatic carbocycles. The summed E-state index contributed by atoms with van der Waals surface area (Å²) in [6, 6.07) is 0. The largest absolute Gasteiger partial charge is 0.481 e. The van der Waals surface area contributed by atoms with E-state index in [0.717, 1.165) is 13.0 Å². The van der Waals surface area contributed by atoms with E-state index >= 15 is 0 Å². The average molecular weight is 235 g/mol. The summed E-state index contributed by atoms with van der Waals surface area (Å²) in [6.45, 7) is 1.73. The lowest BCUT2D eigenvalue weighted by Crippen LogP contribution is -2.35. The van der Waals surface area contributed by atoms with Crippen LogP contribution in [0.2, 0.25) is 0 Å². The van der Waals surface area contributed by atoms with E-state index in [1.807, 2.05) is 4.90 Å². The Hall–Kier alpha value is -0.620. The van der Waals surface area contributed by atoms with Crippen LogP contribution in [0.15, 0.2) is 0 Å². The first-order chi connectivity index (χ1) is 6.99. The van der Waals surface area contributed by atoms with Crippen LogP contribution in [0.5, 0.6) is 0 Å². The van der Waals surface area contributed by atoms with Crippen LogP contribution in [0.1, 0.15) is 19.3 Å². The van der Waals surface area contributed by atoms with Gasteiger partial charge in [-0.25, -0.2) is 8.42 Å². The number of carboxylic acids is 1. The molecule has 1 rings (SSSR count). The highest BCUT2D eigenvalue weighted by Crippen LogP contribution is 2.06. The number of carboxylic acid groups (broad SMARTS) is 1. The van der Waals surface area contributed by atoms with Gasteiger partial charge in [0, 0.05) is 13.1 Å². The number of aliphatic carboxylic acids is 1. The summed E-state index contributed by atoms with van der Waals surface area (Å²) >= 11 is 0. The Morgan fingerprint density at radius 2 is 1.93 bits per heavy atom. The van der Waals surface area contributed by atoms with E-state index in [0.29, 0.717) is 19.5 Å². The Balaban J connectivity index is 2.41. The standard InChI is InChI=1S/C9H17NO4S/c11-9(12)3-5-10-4-1-2-7-15(13,14)8-6-10/h1-8H2,(H,11,12). The van der Waals surface area contributed by atoms with Crippen molar-refractivity contribution >= 4 is 15.8 Å². The molecule has 88 valence electrons. The Morgan fingerprint density at radius 1 is 1.20 bits per heavy atom. The third-order valence-corrected chi connectivity index (χ3v) is 4.26. The van der Waals surface area contributed by atoms with Crippen molar-refractivity contribution < 1.29 is 18.3 Å². The van der Waals surface area contributed by atoms with E-state index < -0.39 is 15.8 Å². The molecule has 0 aromatic heterocycles. The first kappa shape index (κ1) is 12.4. The smallest absolute Gasteiger partial charge is 0.304 e. The van der Waals surface area contributed by atoms with Gasteiger partial charge >= 0.3 is 5.97 Å². The van der Waals surface area contributed by atoms with E-state index in [1.54, 1.807) is 0 Å². The van der Waals surface area contributed by atoms with Crippen molar-refractivity contribution in [2.45, 2.75) is 19.3 Å². The van der Waals surface area contributed by atoms with Gasteiger partial charge in [-0.15, -0.1) is 0 Å². The summed E-state index contributed by atoms with van der Waals surface area (Å²) in [5.74, 6) is -0.397. The monoisotopic (exact) mass is 235 g/mol. The summed E-state index contributed by atoms with van der Waals surface area (Å²) < 4.78 is 22.7. The zero-order chi connectivity index (χ0) is 11.3. The fraction of sp³-hybridized carbons (Fsp3) is 0.889. The van der Waals surface area contributed by atoms with E-state index in [1.165, 1.54) is 0 Å². The normalized spacial score (nSPS) is 22.9. The molecule has 1 heterocycles. The Kier molecular flexibility index (Phi) is 4.53. The Labute approximate surface area is 90.0 Å². The number of hydrogen-bond acceptors (Lipinski definition) is 4. The zero-order valence-corrected chi connectivity index (χ0v) is 9.50. The number of nitrogens with zero attached hydrogens (tertiary/aromatic N) is 1. The van der Waals surface area contributed by atoms with Crippen molar-refractivity contribution in [3.8, 4) is 0 Å². The summed E-state index contributed by atoms with van der Waals surface area (Å²) in [5, 5.41) is 8.53. The third-order valence-electron chi connectivity index (χ3n) is 2.54. The van der Waals surface area contributed by atoms with Crippen LogP contribution in [-0.4, -0.2) is 55.5 Å². The molecule has 0 aromatic carbocycles. The molecule has 1 saturated heterocycles. The molecule has 0 bridgehead atoms. The van der Waals surface area contributed by atoms with E-state index in [2.05, 4.69) is 0 Å². The Bertz CT molecular complexity index is 312. The van der Waals surface area contributed by atoms with Gasteiger partial charge in [-0.05, 0) is 19.4 Å². The minimum atomic E-state index is -2.90. The number of sulfone groups is 1. The van der Waals surface area contributed by atoms with Crippen LogP contribution in [0.3, 0.4) is 0 Å². The lowest BCUT2D eigenvalue weighted by Gasteiger charge is -2.23. The summed E-state index contributed by atoms with van der Waals surface area (Å²) in [6.07, 6.45) is 1.60. The van der Waals surface area contributed by atoms with E-state index in [9.17, 15) is 13.2 Å². The molecule has 0 aromatic rings. The van der Waals surface area contributed by atoms with Gasteiger partial charge in [0.25, 0.3) is 0 Å². The van der Waals surface area contributed by atoms with Gasteiger partial charge in [-0.3, -0.25) is 4.79 Å². The van der Waals surface area contributed by atoms with Gasteiger partial charge in [0.15, 0.2) is 9.84 Å². The average Bonchev–Trinajstić information content (AvgIpc) is 2.12. The SMILES string of the molecule is O=C(O)CCN1CCCCS(=O)(=O)CC1. The minimum absolute atomic E-state index is 0.0834. The van der Waals surface area contributed by atoms with Crippen molar-refractivity contribution in [1.29, 1.82) is 0 Å². The van der Waals surface area contributed by atoms with Crippen LogP contribution < -0.4 is 0 Å². The maximum absolute atomic E-state index is 11.4. The predicted molar refractivity (Wildman–Crippen MR) is 56.6 cm³/mol. The molecule has 0 saturated carbocycles. The molecule has 1 aliphatic heterocycles. The van der Waals surface area contributed by atoms with Crippen molar-refractivity contribution in [2.75, 3.05) is 31.1 Å². The molecule has 6 heteroatoms. The molecule has 0 radical (unpaired) electrons. The van der Waals surface area contributed by atoms with Crippen LogP contribution >= 0.6 is 0 Å². The molecule has 1 aliphatic rings. The van der Waals surface area contributed by atoms with Gasteiger partial charge in [-0.2, -0.15) is 0 Å². The number of hydrogen-bond donors (Lipinski definition) is 1. The van der Waals surface area contributed by atoms with Crippen LogP contribution in [0.4, 0.5) is 0 Å². The number of rotatable bonds is 3. The second-order valence-corrected chi connectivity index (χ2v) is 6.15. The molecular formula is C9H17NO4S. The quantitative estimate of drug-likeness (QED) is 0.743. The Morgan fingerprint density at radius 3 is 2.60 bits per heavy atom. The molecule has 0 unspecified atom stereocenters. The molecular weight excluding hydrogens is 218 g/mol. The summed E-state index contributed by atoms with van der Waals surface area (Å²) in [4.78, 5) is 12.3. The minimum Gasteiger partial charge on any atom is -0.481 e. The predicted octanol–water partition coefficient (Wildman–Crippen LogP) is -0.0283. The number of carbonyl (C=O) groups is 1. The highest BCUT2D eigenvalue weighted by atomic mass is 32.2. The molecule has 1 N–H and O–H groups in total.